The molecule has 2 aromatic carbocycles. The summed E-state index contributed by atoms with van der Waals surface area (Å²) < 4.78 is 16.7. The van der Waals surface area contributed by atoms with E-state index in [1.54, 1.807) is 0 Å². The van der Waals surface area contributed by atoms with Crippen LogP contribution in [0.4, 0.5) is 0 Å². The standard InChI is InChI=1S/C21H18Br6O2/c1-11(22)9-28-19-15(24)5-13(6-16(19)25)21(3,4)14-7-17(26)20(18(27)8-14)29-10-12(2)23/h5-8H,1-2,9-10H2,3-4H3. The van der Waals surface area contributed by atoms with Gasteiger partial charge >= 0.3 is 0 Å². The molecule has 2 aromatic rings. The molecule has 0 aliphatic rings. The SMILES string of the molecule is C=C(Br)COc1c(Br)cc(C(C)(C)c2cc(Br)c(OCC(=C)Br)c(Br)c2)cc1Br. The van der Waals surface area contributed by atoms with Gasteiger partial charge < -0.3 is 9.47 Å². The van der Waals surface area contributed by atoms with E-state index in [1.165, 1.54) is 0 Å². The minimum absolute atomic E-state index is 0.273. The highest BCUT2D eigenvalue weighted by Gasteiger charge is 2.27. The molecule has 0 N–H and O–H groups in total. The Morgan fingerprint density at radius 3 is 1.24 bits per heavy atom. The van der Waals surface area contributed by atoms with Crippen LogP contribution in [0.15, 0.2) is 64.3 Å². The van der Waals surface area contributed by atoms with Gasteiger partial charge in [0.15, 0.2) is 0 Å². The van der Waals surface area contributed by atoms with Crippen molar-refractivity contribution in [3.05, 3.63) is 75.4 Å². The van der Waals surface area contributed by atoms with Crippen molar-refractivity contribution in [2.45, 2.75) is 19.3 Å². The van der Waals surface area contributed by atoms with Crippen molar-refractivity contribution >= 4 is 95.6 Å². The first kappa shape index (κ1) is 25.7. The molecule has 0 atom stereocenters. The molecule has 0 unspecified atom stereocenters. The van der Waals surface area contributed by atoms with Crippen molar-refractivity contribution in [2.24, 2.45) is 0 Å². The van der Waals surface area contributed by atoms with Crippen LogP contribution in [0.2, 0.25) is 0 Å². The van der Waals surface area contributed by atoms with E-state index < -0.39 is 0 Å². The van der Waals surface area contributed by atoms with Gasteiger partial charge in [-0.2, -0.15) is 0 Å². The van der Waals surface area contributed by atoms with Gasteiger partial charge in [0.2, 0.25) is 0 Å². The summed E-state index contributed by atoms with van der Waals surface area (Å²) >= 11 is 21.2. The maximum Gasteiger partial charge on any atom is 0.148 e. The number of benzene rings is 2. The molecule has 2 nitrogen and oxygen atoms in total. The number of ether oxygens (including phenoxy) is 2. The van der Waals surface area contributed by atoms with Crippen molar-refractivity contribution < 1.29 is 9.47 Å². The molecule has 0 aliphatic heterocycles. The molecule has 0 radical (unpaired) electrons. The molecule has 0 amide bonds. The smallest absolute Gasteiger partial charge is 0.148 e. The molecule has 0 saturated heterocycles. The Morgan fingerprint density at radius 2 is 1.00 bits per heavy atom. The van der Waals surface area contributed by atoms with Gasteiger partial charge in [-0.25, -0.2) is 0 Å². The van der Waals surface area contributed by atoms with E-state index in [0.717, 1.165) is 49.5 Å². The molecule has 0 spiro atoms. The first-order chi connectivity index (χ1) is 13.4. The van der Waals surface area contributed by atoms with Crippen molar-refractivity contribution in [2.75, 3.05) is 13.2 Å². The van der Waals surface area contributed by atoms with Crippen molar-refractivity contribution in [1.29, 1.82) is 0 Å². The van der Waals surface area contributed by atoms with Crippen LogP contribution in [0.1, 0.15) is 25.0 Å². The Hall–Kier alpha value is 0.400. The van der Waals surface area contributed by atoms with E-state index in [9.17, 15) is 0 Å². The lowest BCUT2D eigenvalue weighted by Crippen LogP contribution is -2.19. The van der Waals surface area contributed by atoms with Crippen LogP contribution in [-0.4, -0.2) is 13.2 Å². The van der Waals surface area contributed by atoms with Crippen LogP contribution >= 0.6 is 95.6 Å². The normalized spacial score (nSPS) is 11.3. The summed E-state index contributed by atoms with van der Waals surface area (Å²) in [4.78, 5) is 0. The van der Waals surface area contributed by atoms with Crippen LogP contribution in [-0.2, 0) is 5.41 Å². The Bertz CT molecular complexity index is 831. The van der Waals surface area contributed by atoms with E-state index in [4.69, 9.17) is 9.47 Å². The molecule has 0 bridgehead atoms. The topological polar surface area (TPSA) is 18.5 Å². The van der Waals surface area contributed by atoms with E-state index in [1.807, 2.05) is 0 Å². The van der Waals surface area contributed by atoms with E-state index >= 15 is 0 Å². The number of rotatable bonds is 8. The van der Waals surface area contributed by atoms with Crippen LogP contribution in [0.3, 0.4) is 0 Å². The summed E-state index contributed by atoms with van der Waals surface area (Å²) in [6, 6.07) is 8.33. The molecule has 8 heteroatoms. The minimum atomic E-state index is -0.273. The van der Waals surface area contributed by atoms with E-state index in [-0.39, 0.29) is 5.41 Å². The fourth-order valence-electron chi connectivity index (χ4n) is 2.58. The molecule has 0 aliphatic carbocycles. The predicted octanol–water partition coefficient (Wildman–Crippen LogP) is 9.64. The number of hydrogen-bond acceptors (Lipinski definition) is 2. The highest BCUT2D eigenvalue weighted by molar-refractivity contribution is 9.12. The third-order valence-corrected chi connectivity index (χ3v) is 7.00. The zero-order valence-electron chi connectivity index (χ0n) is 15.7. The van der Waals surface area contributed by atoms with Crippen LogP contribution in [0, 0.1) is 0 Å². The van der Waals surface area contributed by atoms with Gasteiger partial charge in [-0.3, -0.25) is 0 Å². The summed E-state index contributed by atoms with van der Waals surface area (Å²) in [6.45, 7) is 12.8. The lowest BCUT2D eigenvalue weighted by Gasteiger charge is -2.28. The molecular formula is C21H18Br6O2. The minimum Gasteiger partial charge on any atom is -0.486 e. The molecule has 29 heavy (non-hydrogen) atoms. The Kier molecular flexibility index (Phi) is 9.57. The fraction of sp³-hybridized carbons (Fsp3) is 0.238. The van der Waals surface area contributed by atoms with Crippen LogP contribution in [0.5, 0.6) is 11.5 Å². The first-order valence-corrected chi connectivity index (χ1v) is 13.1. The second kappa shape index (κ2) is 10.8. The van der Waals surface area contributed by atoms with Crippen molar-refractivity contribution in [1.82, 2.24) is 0 Å². The highest BCUT2D eigenvalue weighted by atomic mass is 79.9. The Balaban J connectivity index is 2.42. The molecule has 2 rings (SSSR count). The summed E-state index contributed by atoms with van der Waals surface area (Å²) in [6.07, 6.45) is 0. The maximum absolute atomic E-state index is 5.82. The Morgan fingerprint density at radius 1 is 0.724 bits per heavy atom. The van der Waals surface area contributed by atoms with Gasteiger partial charge in [0.05, 0.1) is 17.9 Å². The lowest BCUT2D eigenvalue weighted by atomic mass is 9.78. The quantitative estimate of drug-likeness (QED) is 0.266. The van der Waals surface area contributed by atoms with Crippen molar-refractivity contribution in [3.63, 3.8) is 0 Å². The second-order valence-electron chi connectivity index (χ2n) is 6.77. The number of hydrogen-bond donors (Lipinski definition) is 0. The molecule has 0 aromatic heterocycles. The average molecular weight is 782 g/mol. The third-order valence-electron chi connectivity index (χ3n) is 4.19. The largest absolute Gasteiger partial charge is 0.486 e. The molecule has 0 fully saturated rings. The zero-order chi connectivity index (χ0) is 21.9. The highest BCUT2D eigenvalue weighted by Crippen LogP contribution is 2.44. The van der Waals surface area contributed by atoms with Gasteiger partial charge in [0.25, 0.3) is 0 Å². The van der Waals surface area contributed by atoms with Gasteiger partial charge in [-0.1, -0.05) is 58.9 Å². The van der Waals surface area contributed by atoms with E-state index in [2.05, 4.69) is 147 Å². The maximum atomic E-state index is 5.82. The second-order valence-corrected chi connectivity index (χ2v) is 12.4. The monoisotopic (exact) mass is 776 g/mol. The zero-order valence-corrected chi connectivity index (χ0v) is 25.2. The van der Waals surface area contributed by atoms with Crippen molar-refractivity contribution in [3.8, 4) is 11.5 Å². The molecule has 0 heterocycles. The lowest BCUT2D eigenvalue weighted by molar-refractivity contribution is 0.355. The van der Waals surface area contributed by atoms with Gasteiger partial charge in [0.1, 0.15) is 24.7 Å². The van der Waals surface area contributed by atoms with Gasteiger partial charge in [-0.05, 0) is 99.1 Å². The fourth-order valence-corrected chi connectivity index (χ4v) is 5.64. The average Bonchev–Trinajstić information content (AvgIpc) is 2.59. The summed E-state index contributed by atoms with van der Waals surface area (Å²) in [7, 11) is 0. The van der Waals surface area contributed by atoms with Gasteiger partial charge in [-0.15, -0.1) is 0 Å². The first-order valence-electron chi connectivity index (χ1n) is 8.34. The Labute approximate surface area is 222 Å². The number of halogens is 6. The van der Waals surface area contributed by atoms with Crippen LogP contribution < -0.4 is 9.47 Å². The summed E-state index contributed by atoms with van der Waals surface area (Å²) in [5, 5.41) is 0. The predicted molar refractivity (Wildman–Crippen MR) is 143 cm³/mol. The summed E-state index contributed by atoms with van der Waals surface area (Å²) in [5.41, 5.74) is 1.98. The molecule has 0 saturated carbocycles. The molecule has 156 valence electrons. The van der Waals surface area contributed by atoms with E-state index in [0.29, 0.717) is 13.2 Å². The third kappa shape index (κ3) is 6.69. The van der Waals surface area contributed by atoms with Gasteiger partial charge in [0, 0.05) is 14.4 Å². The molecular weight excluding hydrogens is 764 g/mol. The summed E-state index contributed by atoms with van der Waals surface area (Å²) in [5.74, 6) is 1.48. The van der Waals surface area contributed by atoms with Crippen LogP contribution in [0.25, 0.3) is 0 Å².